The summed E-state index contributed by atoms with van der Waals surface area (Å²) in [5, 5.41) is 0. The van der Waals surface area contributed by atoms with Crippen molar-refractivity contribution in [3.63, 3.8) is 0 Å². The van der Waals surface area contributed by atoms with Crippen LogP contribution in [0.4, 0.5) is 0 Å². The molecule has 0 N–H and O–H groups in total. The lowest BCUT2D eigenvalue weighted by molar-refractivity contribution is 1.26. The number of rotatable bonds is 1. The van der Waals surface area contributed by atoms with Gasteiger partial charge in [-0.1, -0.05) is 37.9 Å². The standard InChI is InChI=1S/C5H8Br2/c1-4(6)3-5(2)7/h3-4H,1-2H3/b5-3+. The number of hydrogen-bond acceptors (Lipinski definition) is 0. The minimum Gasteiger partial charge on any atom is -0.0848 e. The molecule has 0 aliphatic rings. The van der Waals surface area contributed by atoms with Gasteiger partial charge in [0, 0.05) is 4.83 Å². The molecule has 0 aliphatic heterocycles. The van der Waals surface area contributed by atoms with Crippen LogP contribution in [0.5, 0.6) is 0 Å². The van der Waals surface area contributed by atoms with Crippen LogP contribution in [0.15, 0.2) is 10.6 Å². The van der Waals surface area contributed by atoms with Gasteiger partial charge in [-0.05, 0) is 18.3 Å². The van der Waals surface area contributed by atoms with Crippen molar-refractivity contribution >= 4 is 31.9 Å². The number of allylic oxidation sites excluding steroid dienone is 2. The highest BCUT2D eigenvalue weighted by molar-refractivity contribution is 9.12. The Kier molecular flexibility index (Phi) is 4.04. The fourth-order valence-electron chi connectivity index (χ4n) is 0.316. The fourth-order valence-corrected chi connectivity index (χ4v) is 1.46. The average molecular weight is 228 g/mol. The van der Waals surface area contributed by atoms with Gasteiger partial charge in [0.25, 0.3) is 0 Å². The van der Waals surface area contributed by atoms with Gasteiger partial charge in [0.05, 0.1) is 0 Å². The molecule has 0 spiro atoms. The first-order valence-electron chi connectivity index (χ1n) is 2.11. The first-order valence-corrected chi connectivity index (χ1v) is 3.82. The van der Waals surface area contributed by atoms with Gasteiger partial charge in [-0.15, -0.1) is 0 Å². The second-order valence-electron chi connectivity index (χ2n) is 1.43. The summed E-state index contributed by atoms with van der Waals surface area (Å²) in [6.07, 6.45) is 2.08. The molecule has 1 atom stereocenters. The van der Waals surface area contributed by atoms with Gasteiger partial charge < -0.3 is 0 Å². The molecule has 0 fully saturated rings. The molecule has 1 unspecified atom stereocenters. The van der Waals surface area contributed by atoms with E-state index in [0.29, 0.717) is 4.83 Å². The maximum atomic E-state index is 3.37. The molecular weight excluding hydrogens is 220 g/mol. The van der Waals surface area contributed by atoms with Gasteiger partial charge in [0.15, 0.2) is 0 Å². The van der Waals surface area contributed by atoms with Crippen molar-refractivity contribution in [3.8, 4) is 0 Å². The summed E-state index contributed by atoms with van der Waals surface area (Å²) < 4.78 is 1.18. The van der Waals surface area contributed by atoms with Gasteiger partial charge >= 0.3 is 0 Å². The zero-order valence-electron chi connectivity index (χ0n) is 4.41. The monoisotopic (exact) mass is 226 g/mol. The van der Waals surface area contributed by atoms with Crippen molar-refractivity contribution in [2.45, 2.75) is 18.7 Å². The molecular formula is C5H8Br2. The molecule has 0 heterocycles. The molecule has 0 saturated carbocycles. The number of alkyl halides is 1. The summed E-state index contributed by atoms with van der Waals surface area (Å²) in [5.74, 6) is 0. The SMILES string of the molecule is C/C(Br)=C\C(C)Br. The van der Waals surface area contributed by atoms with Crippen LogP contribution >= 0.6 is 31.9 Å². The maximum absolute atomic E-state index is 3.37. The molecule has 0 rings (SSSR count). The molecule has 0 amide bonds. The van der Waals surface area contributed by atoms with Crippen LogP contribution in [0.1, 0.15) is 13.8 Å². The lowest BCUT2D eigenvalue weighted by Gasteiger charge is -1.89. The summed E-state index contributed by atoms with van der Waals surface area (Å²) in [7, 11) is 0. The molecule has 0 aromatic rings. The maximum Gasteiger partial charge on any atom is 0.0307 e. The fraction of sp³-hybridized carbons (Fsp3) is 0.600. The summed E-state index contributed by atoms with van der Waals surface area (Å²) in [6, 6.07) is 0. The number of hydrogen-bond donors (Lipinski definition) is 0. The van der Waals surface area contributed by atoms with E-state index >= 15 is 0 Å². The zero-order chi connectivity index (χ0) is 5.86. The Balaban J connectivity index is 3.45. The van der Waals surface area contributed by atoms with Crippen molar-refractivity contribution in [3.05, 3.63) is 10.6 Å². The van der Waals surface area contributed by atoms with E-state index in [4.69, 9.17) is 0 Å². The highest BCUT2D eigenvalue weighted by atomic mass is 79.9. The normalized spacial score (nSPS) is 16.9. The van der Waals surface area contributed by atoms with E-state index in [1.54, 1.807) is 0 Å². The third-order valence-electron chi connectivity index (χ3n) is 0.459. The molecule has 0 nitrogen and oxygen atoms in total. The zero-order valence-corrected chi connectivity index (χ0v) is 7.58. The molecule has 0 aromatic heterocycles. The van der Waals surface area contributed by atoms with Crippen molar-refractivity contribution in [1.29, 1.82) is 0 Å². The highest BCUT2D eigenvalue weighted by Gasteiger charge is 1.85. The van der Waals surface area contributed by atoms with E-state index < -0.39 is 0 Å². The summed E-state index contributed by atoms with van der Waals surface area (Å²) in [4.78, 5) is 0.479. The van der Waals surface area contributed by atoms with E-state index in [1.165, 1.54) is 4.48 Å². The van der Waals surface area contributed by atoms with Crippen molar-refractivity contribution in [1.82, 2.24) is 0 Å². The predicted molar refractivity (Wildman–Crippen MR) is 41.1 cm³/mol. The van der Waals surface area contributed by atoms with Crippen molar-refractivity contribution in [2.75, 3.05) is 0 Å². The Morgan fingerprint density at radius 3 is 2.14 bits per heavy atom. The van der Waals surface area contributed by atoms with Crippen LogP contribution in [0.2, 0.25) is 0 Å². The van der Waals surface area contributed by atoms with Gasteiger partial charge in [-0.3, -0.25) is 0 Å². The molecule has 7 heavy (non-hydrogen) atoms. The lowest BCUT2D eigenvalue weighted by Crippen LogP contribution is -1.79. The molecule has 2 heteroatoms. The third kappa shape index (κ3) is 6.70. The quantitative estimate of drug-likeness (QED) is 0.605. The second kappa shape index (κ2) is 3.67. The van der Waals surface area contributed by atoms with Crippen LogP contribution < -0.4 is 0 Å². The minimum absolute atomic E-state index is 0.479. The van der Waals surface area contributed by atoms with E-state index in [9.17, 15) is 0 Å². The van der Waals surface area contributed by atoms with Gasteiger partial charge in [0.1, 0.15) is 0 Å². The van der Waals surface area contributed by atoms with Crippen LogP contribution in [0, 0.1) is 0 Å². The predicted octanol–water partition coefficient (Wildman–Crippen LogP) is 3.07. The topological polar surface area (TPSA) is 0 Å². The van der Waals surface area contributed by atoms with Crippen LogP contribution in [-0.2, 0) is 0 Å². The first-order chi connectivity index (χ1) is 3.13. The summed E-state index contributed by atoms with van der Waals surface area (Å²) in [5.41, 5.74) is 0. The average Bonchev–Trinajstić information content (AvgIpc) is 1.27. The van der Waals surface area contributed by atoms with E-state index in [0.717, 1.165) is 0 Å². The summed E-state index contributed by atoms with van der Waals surface area (Å²) in [6.45, 7) is 4.09. The summed E-state index contributed by atoms with van der Waals surface area (Å²) >= 11 is 6.67. The van der Waals surface area contributed by atoms with Crippen LogP contribution in [-0.4, -0.2) is 4.83 Å². The van der Waals surface area contributed by atoms with Gasteiger partial charge in [0.2, 0.25) is 0 Å². The minimum atomic E-state index is 0.479. The van der Waals surface area contributed by atoms with Crippen LogP contribution in [0.3, 0.4) is 0 Å². The molecule has 0 aromatic carbocycles. The second-order valence-corrected chi connectivity index (χ2v) is 4.13. The van der Waals surface area contributed by atoms with Crippen LogP contribution in [0.25, 0.3) is 0 Å². The Bertz CT molecular complexity index is 70.1. The lowest BCUT2D eigenvalue weighted by atomic mass is 10.4. The van der Waals surface area contributed by atoms with Gasteiger partial charge in [-0.25, -0.2) is 0 Å². The molecule has 0 radical (unpaired) electrons. The van der Waals surface area contributed by atoms with Crippen molar-refractivity contribution < 1.29 is 0 Å². The Hall–Kier alpha value is 0.700. The Morgan fingerprint density at radius 2 is 2.14 bits per heavy atom. The third-order valence-corrected chi connectivity index (χ3v) is 0.988. The first kappa shape index (κ1) is 7.70. The highest BCUT2D eigenvalue weighted by Crippen LogP contribution is 2.08. The number of halogens is 2. The Labute approximate surface area is 61.2 Å². The van der Waals surface area contributed by atoms with E-state index in [1.807, 2.05) is 6.92 Å². The molecule has 42 valence electrons. The molecule has 0 saturated heterocycles. The smallest absolute Gasteiger partial charge is 0.0307 e. The largest absolute Gasteiger partial charge is 0.0848 e. The van der Waals surface area contributed by atoms with E-state index in [-0.39, 0.29) is 0 Å². The van der Waals surface area contributed by atoms with Gasteiger partial charge in [-0.2, -0.15) is 0 Å². The molecule has 0 bridgehead atoms. The van der Waals surface area contributed by atoms with E-state index in [2.05, 4.69) is 44.9 Å². The molecule has 0 aliphatic carbocycles. The Morgan fingerprint density at radius 1 is 1.71 bits per heavy atom. The van der Waals surface area contributed by atoms with Crippen molar-refractivity contribution in [2.24, 2.45) is 0 Å².